The molecule has 1 amide bonds. The fourth-order valence-electron chi connectivity index (χ4n) is 2.27. The fourth-order valence-corrected chi connectivity index (χ4v) is 2.27. The van der Waals surface area contributed by atoms with Crippen molar-refractivity contribution in [1.29, 1.82) is 0 Å². The Morgan fingerprint density at radius 3 is 2.73 bits per heavy atom. The molecule has 1 aromatic heterocycles. The number of carbonyl (C=O) groups excluding carboxylic acids is 2. The number of benzene rings is 1. The Morgan fingerprint density at radius 1 is 1.32 bits per heavy atom. The van der Waals surface area contributed by atoms with Crippen LogP contribution < -0.4 is 5.32 Å². The van der Waals surface area contributed by atoms with Crippen LogP contribution in [-0.2, 0) is 16.1 Å². The number of para-hydroxylation sites is 1. The van der Waals surface area contributed by atoms with Crippen molar-refractivity contribution in [3.05, 3.63) is 35.6 Å². The zero-order chi connectivity index (χ0) is 16.1. The van der Waals surface area contributed by atoms with E-state index in [0.29, 0.717) is 12.1 Å². The summed E-state index contributed by atoms with van der Waals surface area (Å²) in [5, 5.41) is 3.43. The lowest BCUT2D eigenvalue weighted by molar-refractivity contribution is -0.121. The molecule has 118 valence electrons. The first-order valence-corrected chi connectivity index (χ1v) is 7.13. The molecule has 6 heteroatoms. The largest absolute Gasteiger partial charge is 0.460 e. The molecule has 2 aromatic rings. The summed E-state index contributed by atoms with van der Waals surface area (Å²) in [4.78, 5) is 25.4. The summed E-state index contributed by atoms with van der Waals surface area (Å²) in [6.45, 7) is 2.68. The van der Waals surface area contributed by atoms with Crippen molar-refractivity contribution in [2.24, 2.45) is 0 Å². The average molecular weight is 304 g/mol. The molecule has 1 N–H and O–H groups in total. The number of nitrogens with one attached hydrogen (secondary N) is 1. The van der Waals surface area contributed by atoms with Crippen LogP contribution in [0.1, 0.15) is 23.0 Å². The minimum Gasteiger partial charge on any atom is -0.460 e. The average Bonchev–Trinajstić information content (AvgIpc) is 2.86. The SMILES string of the molecule is CCOC(=O)c1oc2ccccc2c1CN(C)CC(=O)NC. The molecule has 0 aliphatic carbocycles. The van der Waals surface area contributed by atoms with Crippen LogP contribution in [0.5, 0.6) is 0 Å². The number of esters is 1. The Balaban J connectivity index is 2.34. The Hall–Kier alpha value is -2.34. The Labute approximate surface area is 129 Å². The Kier molecular flexibility index (Phi) is 5.16. The second kappa shape index (κ2) is 7.09. The van der Waals surface area contributed by atoms with E-state index in [2.05, 4.69) is 5.32 Å². The summed E-state index contributed by atoms with van der Waals surface area (Å²) in [5.41, 5.74) is 1.37. The van der Waals surface area contributed by atoms with Crippen molar-refractivity contribution >= 4 is 22.8 Å². The van der Waals surface area contributed by atoms with Crippen molar-refractivity contribution in [1.82, 2.24) is 10.2 Å². The summed E-state index contributed by atoms with van der Waals surface area (Å²) in [6, 6.07) is 7.43. The van der Waals surface area contributed by atoms with Crippen molar-refractivity contribution in [2.45, 2.75) is 13.5 Å². The topological polar surface area (TPSA) is 71.8 Å². The first-order chi connectivity index (χ1) is 10.6. The molecule has 0 saturated carbocycles. The van der Waals surface area contributed by atoms with Gasteiger partial charge in [-0.25, -0.2) is 4.79 Å². The maximum atomic E-state index is 12.1. The number of nitrogens with zero attached hydrogens (tertiary/aromatic N) is 1. The molecule has 0 aliphatic rings. The van der Waals surface area contributed by atoms with E-state index in [0.717, 1.165) is 10.9 Å². The van der Waals surface area contributed by atoms with Crippen LogP contribution in [0.3, 0.4) is 0 Å². The summed E-state index contributed by atoms with van der Waals surface area (Å²) in [7, 11) is 3.40. The normalized spacial score (nSPS) is 10.9. The predicted molar refractivity (Wildman–Crippen MR) is 82.6 cm³/mol. The van der Waals surface area contributed by atoms with Gasteiger partial charge in [0.05, 0.1) is 13.2 Å². The number of carbonyl (C=O) groups is 2. The van der Waals surface area contributed by atoms with E-state index in [1.807, 2.05) is 30.1 Å². The number of fused-ring (bicyclic) bond motifs is 1. The lowest BCUT2D eigenvalue weighted by atomic mass is 10.1. The molecule has 1 aromatic carbocycles. The van der Waals surface area contributed by atoms with Gasteiger partial charge in [0.2, 0.25) is 11.7 Å². The van der Waals surface area contributed by atoms with Crippen LogP contribution in [0.15, 0.2) is 28.7 Å². The fraction of sp³-hybridized carbons (Fsp3) is 0.375. The van der Waals surface area contributed by atoms with Gasteiger partial charge in [-0.2, -0.15) is 0 Å². The molecule has 0 aliphatic heterocycles. The van der Waals surface area contributed by atoms with Gasteiger partial charge in [0.1, 0.15) is 5.58 Å². The van der Waals surface area contributed by atoms with Gasteiger partial charge in [-0.05, 0) is 20.0 Å². The molecule has 0 atom stereocenters. The monoisotopic (exact) mass is 304 g/mol. The minimum absolute atomic E-state index is 0.0898. The lowest BCUT2D eigenvalue weighted by Gasteiger charge is -2.15. The highest BCUT2D eigenvalue weighted by Gasteiger charge is 2.22. The first kappa shape index (κ1) is 16.0. The van der Waals surface area contributed by atoms with Crippen molar-refractivity contribution < 1.29 is 18.7 Å². The third kappa shape index (κ3) is 3.46. The zero-order valence-electron chi connectivity index (χ0n) is 13.0. The Morgan fingerprint density at radius 2 is 2.05 bits per heavy atom. The van der Waals surface area contributed by atoms with Crippen LogP contribution in [-0.4, -0.2) is 44.0 Å². The van der Waals surface area contributed by atoms with Crippen LogP contribution in [0.4, 0.5) is 0 Å². The van der Waals surface area contributed by atoms with Gasteiger partial charge in [-0.3, -0.25) is 9.69 Å². The predicted octanol–water partition coefficient (Wildman–Crippen LogP) is 1.79. The molecular formula is C16H20N2O4. The molecule has 1 heterocycles. The van der Waals surface area contributed by atoms with E-state index in [1.54, 1.807) is 20.0 Å². The van der Waals surface area contributed by atoms with Crippen LogP contribution in [0, 0.1) is 0 Å². The second-order valence-electron chi connectivity index (χ2n) is 4.97. The van der Waals surface area contributed by atoms with Gasteiger partial charge >= 0.3 is 5.97 Å². The first-order valence-electron chi connectivity index (χ1n) is 7.13. The number of amides is 1. The number of furan rings is 1. The summed E-state index contributed by atoms with van der Waals surface area (Å²) in [6.07, 6.45) is 0. The van der Waals surface area contributed by atoms with Gasteiger partial charge in [-0.15, -0.1) is 0 Å². The maximum absolute atomic E-state index is 12.1. The second-order valence-corrected chi connectivity index (χ2v) is 4.97. The van der Waals surface area contributed by atoms with Gasteiger partial charge in [0.15, 0.2) is 0 Å². The molecule has 0 saturated heterocycles. The molecule has 6 nitrogen and oxygen atoms in total. The zero-order valence-corrected chi connectivity index (χ0v) is 13.0. The van der Waals surface area contributed by atoms with Crippen molar-refractivity contribution in [3.8, 4) is 0 Å². The maximum Gasteiger partial charge on any atom is 0.374 e. The van der Waals surface area contributed by atoms with Crippen LogP contribution in [0.25, 0.3) is 11.0 Å². The van der Waals surface area contributed by atoms with Gasteiger partial charge in [0, 0.05) is 24.5 Å². The van der Waals surface area contributed by atoms with Crippen LogP contribution in [0.2, 0.25) is 0 Å². The molecule has 0 fully saturated rings. The number of hydrogen-bond donors (Lipinski definition) is 1. The van der Waals surface area contributed by atoms with E-state index in [4.69, 9.17) is 9.15 Å². The highest BCUT2D eigenvalue weighted by Crippen LogP contribution is 2.27. The molecule has 0 spiro atoms. The van der Waals surface area contributed by atoms with E-state index in [9.17, 15) is 9.59 Å². The van der Waals surface area contributed by atoms with Crippen LogP contribution >= 0.6 is 0 Å². The third-order valence-electron chi connectivity index (χ3n) is 3.28. The number of ether oxygens (including phenoxy) is 1. The summed E-state index contributed by atoms with van der Waals surface area (Å²) < 4.78 is 10.7. The smallest absolute Gasteiger partial charge is 0.374 e. The molecule has 0 unspecified atom stereocenters. The number of likely N-dealkylation sites (N-methyl/N-ethyl adjacent to an activating group) is 2. The highest BCUT2D eigenvalue weighted by molar-refractivity contribution is 5.96. The lowest BCUT2D eigenvalue weighted by Crippen LogP contribution is -2.32. The standard InChI is InChI=1S/C16H20N2O4/c1-4-21-16(20)15-12(9-18(3)10-14(19)17-2)11-7-5-6-8-13(11)22-15/h5-8H,4,9-10H2,1-3H3,(H,17,19). The van der Waals surface area contributed by atoms with Gasteiger partial charge in [0.25, 0.3) is 0 Å². The van der Waals surface area contributed by atoms with E-state index in [1.165, 1.54) is 0 Å². The molecular weight excluding hydrogens is 284 g/mol. The van der Waals surface area contributed by atoms with E-state index in [-0.39, 0.29) is 24.8 Å². The Bertz CT molecular complexity index is 678. The molecule has 0 bridgehead atoms. The van der Waals surface area contributed by atoms with Crippen molar-refractivity contribution in [2.75, 3.05) is 27.2 Å². The molecule has 22 heavy (non-hydrogen) atoms. The molecule has 0 radical (unpaired) electrons. The molecule has 2 rings (SSSR count). The quantitative estimate of drug-likeness (QED) is 0.824. The highest BCUT2D eigenvalue weighted by atomic mass is 16.5. The number of hydrogen-bond acceptors (Lipinski definition) is 5. The third-order valence-corrected chi connectivity index (χ3v) is 3.28. The summed E-state index contributed by atoms with van der Waals surface area (Å²) in [5.74, 6) is -0.373. The summed E-state index contributed by atoms with van der Waals surface area (Å²) >= 11 is 0. The number of rotatable bonds is 6. The van der Waals surface area contributed by atoms with E-state index < -0.39 is 5.97 Å². The van der Waals surface area contributed by atoms with Gasteiger partial charge < -0.3 is 14.5 Å². The minimum atomic E-state index is -0.484. The van der Waals surface area contributed by atoms with E-state index >= 15 is 0 Å². The van der Waals surface area contributed by atoms with Crippen molar-refractivity contribution in [3.63, 3.8) is 0 Å². The van der Waals surface area contributed by atoms with Gasteiger partial charge in [-0.1, -0.05) is 18.2 Å².